The zero-order valence-electron chi connectivity index (χ0n) is 11.3. The van der Waals surface area contributed by atoms with Gasteiger partial charge in [0.15, 0.2) is 0 Å². The molecule has 2 heterocycles. The Labute approximate surface area is 126 Å². The molecule has 7 heteroatoms. The second kappa shape index (κ2) is 7.44. The fourth-order valence-corrected chi connectivity index (χ4v) is 2.34. The molecule has 6 nitrogen and oxygen atoms in total. The van der Waals surface area contributed by atoms with E-state index < -0.39 is 0 Å². The van der Waals surface area contributed by atoms with E-state index in [0.29, 0.717) is 32.1 Å². The molecule has 0 radical (unpaired) electrons. The maximum Gasteiger partial charge on any atom is 0.317 e. The van der Waals surface area contributed by atoms with Crippen molar-refractivity contribution in [2.45, 2.75) is 12.5 Å². The van der Waals surface area contributed by atoms with Crippen molar-refractivity contribution in [3.63, 3.8) is 0 Å². The molecular formula is C13H18BrN3O3. The second-order valence-corrected chi connectivity index (χ2v) is 5.34. The molecule has 1 atom stereocenters. The van der Waals surface area contributed by atoms with Crippen LogP contribution in [0, 0.1) is 0 Å². The Morgan fingerprint density at radius 3 is 3.25 bits per heavy atom. The molecule has 0 spiro atoms. The van der Waals surface area contributed by atoms with Crippen molar-refractivity contribution < 1.29 is 14.3 Å². The normalized spacial score (nSPS) is 18.1. The van der Waals surface area contributed by atoms with Crippen molar-refractivity contribution in [2.75, 3.05) is 33.4 Å². The molecule has 2 rings (SSSR count). The minimum atomic E-state index is -0.0757. The van der Waals surface area contributed by atoms with Gasteiger partial charge in [-0.2, -0.15) is 0 Å². The van der Waals surface area contributed by atoms with E-state index in [1.54, 1.807) is 18.2 Å². The molecule has 0 bridgehead atoms. The Bertz CT molecular complexity index is 458. The summed E-state index contributed by atoms with van der Waals surface area (Å²) in [4.78, 5) is 17.8. The van der Waals surface area contributed by atoms with Crippen molar-refractivity contribution in [3.05, 3.63) is 22.8 Å². The first-order chi connectivity index (χ1) is 9.70. The molecule has 1 N–H and O–H groups in total. The summed E-state index contributed by atoms with van der Waals surface area (Å²) in [5.74, 6) is 0.569. The molecule has 1 aromatic heterocycles. The number of pyridine rings is 1. The van der Waals surface area contributed by atoms with E-state index in [9.17, 15) is 4.79 Å². The highest BCUT2D eigenvalue weighted by atomic mass is 79.9. The largest absolute Gasteiger partial charge is 0.472 e. The first-order valence-corrected chi connectivity index (χ1v) is 7.29. The highest BCUT2D eigenvalue weighted by Crippen LogP contribution is 2.24. The van der Waals surface area contributed by atoms with Crippen LogP contribution in [0.25, 0.3) is 0 Å². The van der Waals surface area contributed by atoms with Gasteiger partial charge in [-0.1, -0.05) is 0 Å². The number of likely N-dealkylation sites (tertiary alicyclic amines) is 1. The first-order valence-electron chi connectivity index (χ1n) is 6.49. The summed E-state index contributed by atoms with van der Waals surface area (Å²) in [5.41, 5.74) is 0. The van der Waals surface area contributed by atoms with Crippen molar-refractivity contribution in [1.29, 1.82) is 0 Å². The maximum atomic E-state index is 11.9. The predicted octanol–water partition coefficient (Wildman–Crippen LogP) is 1.65. The van der Waals surface area contributed by atoms with Gasteiger partial charge < -0.3 is 19.7 Å². The average Bonchev–Trinajstić information content (AvgIpc) is 2.90. The number of rotatable bonds is 5. The van der Waals surface area contributed by atoms with Crippen molar-refractivity contribution in [1.82, 2.24) is 15.2 Å². The number of halogens is 1. The van der Waals surface area contributed by atoms with Crippen LogP contribution in [-0.4, -0.2) is 55.4 Å². The van der Waals surface area contributed by atoms with Crippen LogP contribution in [0.15, 0.2) is 22.8 Å². The van der Waals surface area contributed by atoms with E-state index in [1.165, 1.54) is 0 Å². The number of amides is 2. The van der Waals surface area contributed by atoms with Crippen LogP contribution >= 0.6 is 15.9 Å². The van der Waals surface area contributed by atoms with Gasteiger partial charge in [0.25, 0.3) is 0 Å². The van der Waals surface area contributed by atoms with Gasteiger partial charge in [-0.3, -0.25) is 0 Å². The molecule has 1 fully saturated rings. The molecule has 20 heavy (non-hydrogen) atoms. The van der Waals surface area contributed by atoms with Crippen molar-refractivity contribution in [3.8, 4) is 5.88 Å². The molecule has 0 aromatic carbocycles. The zero-order valence-corrected chi connectivity index (χ0v) is 12.9. The smallest absolute Gasteiger partial charge is 0.317 e. The Balaban J connectivity index is 1.80. The number of aromatic nitrogens is 1. The van der Waals surface area contributed by atoms with Gasteiger partial charge in [0.05, 0.1) is 17.6 Å². The summed E-state index contributed by atoms with van der Waals surface area (Å²) in [7, 11) is 1.61. The van der Waals surface area contributed by atoms with Crippen molar-refractivity contribution >= 4 is 22.0 Å². The van der Waals surface area contributed by atoms with Gasteiger partial charge in [-0.25, -0.2) is 9.78 Å². The summed E-state index contributed by atoms with van der Waals surface area (Å²) in [6, 6.07) is 3.64. The highest BCUT2D eigenvalue weighted by Gasteiger charge is 2.28. The average molecular weight is 344 g/mol. The molecular weight excluding hydrogens is 326 g/mol. The number of nitrogens with one attached hydrogen (secondary N) is 1. The fourth-order valence-electron chi connectivity index (χ4n) is 2.00. The molecule has 1 aromatic rings. The number of urea groups is 1. The van der Waals surface area contributed by atoms with Gasteiger partial charge in [-0.15, -0.1) is 0 Å². The lowest BCUT2D eigenvalue weighted by atomic mass is 10.3. The third-order valence-electron chi connectivity index (χ3n) is 3.02. The van der Waals surface area contributed by atoms with Gasteiger partial charge in [0.1, 0.15) is 6.10 Å². The third-order valence-corrected chi connectivity index (χ3v) is 3.62. The Morgan fingerprint density at radius 2 is 2.50 bits per heavy atom. The molecule has 2 amide bonds. The zero-order chi connectivity index (χ0) is 14.4. The minimum absolute atomic E-state index is 0.0191. The second-order valence-electron chi connectivity index (χ2n) is 4.49. The lowest BCUT2D eigenvalue weighted by Gasteiger charge is -2.17. The van der Waals surface area contributed by atoms with Crippen LogP contribution in [0.3, 0.4) is 0 Å². The van der Waals surface area contributed by atoms with Gasteiger partial charge >= 0.3 is 6.03 Å². The number of ether oxygens (including phenoxy) is 2. The Morgan fingerprint density at radius 1 is 1.65 bits per heavy atom. The fraction of sp³-hybridized carbons (Fsp3) is 0.538. The molecule has 0 aliphatic carbocycles. The Hall–Kier alpha value is -1.34. The van der Waals surface area contributed by atoms with E-state index in [1.807, 2.05) is 12.1 Å². The third kappa shape index (κ3) is 4.08. The number of methoxy groups -OCH3 is 1. The highest BCUT2D eigenvalue weighted by molar-refractivity contribution is 9.10. The van der Waals surface area contributed by atoms with E-state index in [-0.39, 0.29) is 12.1 Å². The number of hydrogen-bond acceptors (Lipinski definition) is 4. The first kappa shape index (κ1) is 15.1. The van der Waals surface area contributed by atoms with Crippen LogP contribution in [-0.2, 0) is 4.74 Å². The van der Waals surface area contributed by atoms with Crippen LogP contribution in [0.5, 0.6) is 5.88 Å². The summed E-state index contributed by atoms with van der Waals surface area (Å²) in [5, 5.41) is 2.80. The molecule has 1 aliphatic rings. The van der Waals surface area contributed by atoms with E-state index in [4.69, 9.17) is 9.47 Å². The summed E-state index contributed by atoms with van der Waals surface area (Å²) >= 11 is 3.40. The number of carbonyl (C=O) groups is 1. The summed E-state index contributed by atoms with van der Waals surface area (Å²) in [6.07, 6.45) is 2.47. The molecule has 1 unspecified atom stereocenters. The monoisotopic (exact) mass is 343 g/mol. The van der Waals surface area contributed by atoms with Gasteiger partial charge in [0, 0.05) is 32.8 Å². The number of nitrogens with zero attached hydrogens (tertiary/aromatic N) is 2. The molecule has 1 saturated heterocycles. The van der Waals surface area contributed by atoms with Gasteiger partial charge in [0.2, 0.25) is 5.88 Å². The molecule has 0 saturated carbocycles. The predicted molar refractivity (Wildman–Crippen MR) is 77.8 cm³/mol. The van der Waals surface area contributed by atoms with Crippen LogP contribution in [0.2, 0.25) is 0 Å². The molecule has 1 aliphatic heterocycles. The summed E-state index contributed by atoms with van der Waals surface area (Å²) in [6.45, 7) is 2.29. The lowest BCUT2D eigenvalue weighted by molar-refractivity contribution is 0.173. The van der Waals surface area contributed by atoms with E-state index >= 15 is 0 Å². The topological polar surface area (TPSA) is 63.7 Å². The van der Waals surface area contributed by atoms with Crippen LogP contribution in [0.4, 0.5) is 4.79 Å². The van der Waals surface area contributed by atoms with Gasteiger partial charge in [-0.05, 0) is 28.1 Å². The lowest BCUT2D eigenvalue weighted by Crippen LogP contribution is -2.40. The van der Waals surface area contributed by atoms with Crippen LogP contribution < -0.4 is 10.1 Å². The van der Waals surface area contributed by atoms with Crippen molar-refractivity contribution in [2.24, 2.45) is 0 Å². The number of hydrogen-bond donors (Lipinski definition) is 1. The van der Waals surface area contributed by atoms with E-state index in [2.05, 4.69) is 26.2 Å². The number of carbonyl (C=O) groups excluding carboxylic acids is 1. The maximum absolute atomic E-state index is 11.9. The molecule has 110 valence electrons. The summed E-state index contributed by atoms with van der Waals surface area (Å²) < 4.78 is 11.5. The quantitative estimate of drug-likeness (QED) is 0.825. The van der Waals surface area contributed by atoms with Crippen LogP contribution in [0.1, 0.15) is 6.42 Å². The van der Waals surface area contributed by atoms with E-state index in [0.717, 1.165) is 10.9 Å². The standard InChI is InChI=1S/C13H18BrN3O3/c1-19-8-6-16-13(18)17-7-4-10(9-17)20-12-11(14)3-2-5-15-12/h2-3,5,10H,4,6-9H2,1H3,(H,16,18). The Kier molecular flexibility index (Phi) is 5.60. The minimum Gasteiger partial charge on any atom is -0.472 e. The SMILES string of the molecule is COCCNC(=O)N1CCC(Oc2ncccc2Br)C1.